The molecule has 0 unspecified atom stereocenters. The van der Waals surface area contributed by atoms with Crippen molar-refractivity contribution in [1.82, 2.24) is 15.5 Å². The highest BCUT2D eigenvalue weighted by Crippen LogP contribution is 2.20. The molecule has 1 aliphatic rings. The molecule has 1 aromatic heterocycles. The van der Waals surface area contributed by atoms with Crippen LogP contribution in [-0.2, 0) is 11.3 Å². The Morgan fingerprint density at radius 1 is 1.32 bits per heavy atom. The van der Waals surface area contributed by atoms with Crippen LogP contribution >= 0.6 is 11.6 Å². The molecular weight excluding hydrogens is 302 g/mol. The highest BCUT2D eigenvalue weighted by Gasteiger charge is 2.19. The number of benzene rings is 1. The van der Waals surface area contributed by atoms with Crippen LogP contribution in [0.15, 0.2) is 40.9 Å². The van der Waals surface area contributed by atoms with Crippen LogP contribution in [0.1, 0.15) is 25.2 Å². The van der Waals surface area contributed by atoms with Gasteiger partial charge in [0.15, 0.2) is 0 Å². The summed E-state index contributed by atoms with van der Waals surface area (Å²) in [5, 5.41) is 7.42. The predicted octanol–water partition coefficient (Wildman–Crippen LogP) is 3.36. The molecule has 6 heteroatoms. The lowest BCUT2D eigenvalue weighted by atomic mass is 9.94. The summed E-state index contributed by atoms with van der Waals surface area (Å²) >= 11 is 5.85. The van der Waals surface area contributed by atoms with Gasteiger partial charge in [0.2, 0.25) is 17.6 Å². The molecule has 2 aromatic rings. The quantitative estimate of drug-likeness (QED) is 0.878. The summed E-state index contributed by atoms with van der Waals surface area (Å²) in [6.07, 6.45) is 6.81. The second kappa shape index (κ2) is 6.75. The van der Waals surface area contributed by atoms with E-state index in [0.717, 1.165) is 24.8 Å². The summed E-state index contributed by atoms with van der Waals surface area (Å²) in [4.78, 5) is 16.3. The van der Waals surface area contributed by atoms with Crippen molar-refractivity contribution < 1.29 is 9.32 Å². The lowest BCUT2D eigenvalue weighted by molar-refractivity contribution is -0.125. The molecule has 1 amide bonds. The maximum atomic E-state index is 12.0. The van der Waals surface area contributed by atoms with Gasteiger partial charge in [0, 0.05) is 16.5 Å². The summed E-state index contributed by atoms with van der Waals surface area (Å²) in [5.41, 5.74) is 0.822. The Hall–Kier alpha value is -2.14. The largest absolute Gasteiger partial charge is 0.347 e. The molecule has 3 rings (SSSR count). The zero-order valence-electron chi connectivity index (χ0n) is 12.0. The van der Waals surface area contributed by atoms with E-state index in [0.29, 0.717) is 16.7 Å². The summed E-state index contributed by atoms with van der Waals surface area (Å²) in [7, 11) is 0. The molecule has 114 valence electrons. The van der Waals surface area contributed by atoms with Crippen molar-refractivity contribution in [3.8, 4) is 11.4 Å². The molecule has 1 aliphatic carbocycles. The van der Waals surface area contributed by atoms with E-state index in [2.05, 4.69) is 27.6 Å². The molecule has 5 nitrogen and oxygen atoms in total. The van der Waals surface area contributed by atoms with E-state index < -0.39 is 0 Å². The highest BCUT2D eigenvalue weighted by molar-refractivity contribution is 6.30. The fourth-order valence-corrected chi connectivity index (χ4v) is 2.51. The molecule has 0 saturated carbocycles. The smallest absolute Gasteiger partial charge is 0.246 e. The first-order valence-corrected chi connectivity index (χ1v) is 7.61. The number of hydrogen-bond donors (Lipinski definition) is 1. The van der Waals surface area contributed by atoms with Crippen molar-refractivity contribution in [2.75, 3.05) is 0 Å². The Morgan fingerprint density at radius 2 is 2.14 bits per heavy atom. The molecule has 1 atom stereocenters. The van der Waals surface area contributed by atoms with Gasteiger partial charge in [0.1, 0.15) is 0 Å². The zero-order valence-corrected chi connectivity index (χ0v) is 12.7. The van der Waals surface area contributed by atoms with Crippen LogP contribution < -0.4 is 5.32 Å². The Morgan fingerprint density at radius 3 is 2.86 bits per heavy atom. The van der Waals surface area contributed by atoms with Crippen LogP contribution in [0.3, 0.4) is 0 Å². The normalized spacial score (nSPS) is 17.4. The predicted molar refractivity (Wildman–Crippen MR) is 83.1 cm³/mol. The first-order chi connectivity index (χ1) is 10.7. The summed E-state index contributed by atoms with van der Waals surface area (Å²) in [6.45, 7) is 0.250. The minimum absolute atomic E-state index is 0.0376. The molecule has 1 N–H and O–H groups in total. The van der Waals surface area contributed by atoms with Crippen LogP contribution in [0, 0.1) is 5.92 Å². The number of allylic oxidation sites excluding steroid dienone is 2. The van der Waals surface area contributed by atoms with Crippen LogP contribution in [-0.4, -0.2) is 16.0 Å². The van der Waals surface area contributed by atoms with Crippen molar-refractivity contribution in [3.63, 3.8) is 0 Å². The number of hydrogen-bond acceptors (Lipinski definition) is 4. The minimum Gasteiger partial charge on any atom is -0.347 e. The topological polar surface area (TPSA) is 68.0 Å². The van der Waals surface area contributed by atoms with E-state index in [9.17, 15) is 4.79 Å². The van der Waals surface area contributed by atoms with E-state index in [4.69, 9.17) is 16.1 Å². The number of amides is 1. The van der Waals surface area contributed by atoms with Crippen molar-refractivity contribution in [2.45, 2.75) is 25.8 Å². The van der Waals surface area contributed by atoms with Gasteiger partial charge in [-0.1, -0.05) is 28.9 Å². The maximum Gasteiger partial charge on any atom is 0.246 e. The van der Waals surface area contributed by atoms with Gasteiger partial charge in [-0.25, -0.2) is 0 Å². The minimum atomic E-state index is 0.0376. The third kappa shape index (κ3) is 3.54. The third-order valence-electron chi connectivity index (χ3n) is 3.62. The standard InChI is InChI=1S/C16H16ClN3O2/c17-13-8-6-11(7-9-13)15-19-14(22-20-15)10-18-16(21)12-4-2-1-3-5-12/h1-2,6-9,12H,3-5,10H2,(H,18,21)/t12-/m0/s1. The summed E-state index contributed by atoms with van der Waals surface area (Å²) in [5.74, 6) is 0.963. The lowest BCUT2D eigenvalue weighted by Gasteiger charge is -2.16. The molecule has 0 saturated heterocycles. The fourth-order valence-electron chi connectivity index (χ4n) is 2.38. The number of aromatic nitrogens is 2. The third-order valence-corrected chi connectivity index (χ3v) is 3.88. The van der Waals surface area contributed by atoms with Crippen molar-refractivity contribution >= 4 is 17.5 Å². The number of rotatable bonds is 4. The molecule has 1 aromatic carbocycles. The highest BCUT2D eigenvalue weighted by atomic mass is 35.5. The molecular formula is C16H16ClN3O2. The number of carbonyl (C=O) groups excluding carboxylic acids is 1. The van der Waals surface area contributed by atoms with Gasteiger partial charge >= 0.3 is 0 Å². The van der Waals surface area contributed by atoms with Gasteiger partial charge in [-0.15, -0.1) is 0 Å². The van der Waals surface area contributed by atoms with Crippen LogP contribution in [0.2, 0.25) is 5.02 Å². The molecule has 0 fully saturated rings. The van der Waals surface area contributed by atoms with Crippen LogP contribution in [0.4, 0.5) is 0 Å². The van der Waals surface area contributed by atoms with E-state index in [1.165, 1.54) is 0 Å². The Balaban J connectivity index is 1.58. The first kappa shape index (κ1) is 14.8. The average Bonchev–Trinajstić information content (AvgIpc) is 3.03. The second-order valence-electron chi connectivity index (χ2n) is 5.22. The van der Waals surface area contributed by atoms with Gasteiger partial charge < -0.3 is 9.84 Å². The van der Waals surface area contributed by atoms with Crippen LogP contribution in [0.25, 0.3) is 11.4 Å². The maximum absolute atomic E-state index is 12.0. The lowest BCUT2D eigenvalue weighted by Crippen LogP contribution is -2.30. The van der Waals surface area contributed by atoms with Gasteiger partial charge in [0.05, 0.1) is 6.54 Å². The van der Waals surface area contributed by atoms with E-state index in [-0.39, 0.29) is 18.4 Å². The number of nitrogens with zero attached hydrogens (tertiary/aromatic N) is 2. The van der Waals surface area contributed by atoms with Crippen molar-refractivity contribution in [1.29, 1.82) is 0 Å². The second-order valence-corrected chi connectivity index (χ2v) is 5.65. The monoisotopic (exact) mass is 317 g/mol. The zero-order chi connectivity index (χ0) is 15.4. The Bertz CT molecular complexity index is 679. The van der Waals surface area contributed by atoms with Crippen molar-refractivity contribution in [3.05, 3.63) is 47.3 Å². The molecule has 22 heavy (non-hydrogen) atoms. The van der Waals surface area contributed by atoms with E-state index >= 15 is 0 Å². The summed E-state index contributed by atoms with van der Waals surface area (Å²) < 4.78 is 5.16. The first-order valence-electron chi connectivity index (χ1n) is 7.23. The van der Waals surface area contributed by atoms with Crippen LogP contribution in [0.5, 0.6) is 0 Å². The van der Waals surface area contributed by atoms with Gasteiger partial charge in [-0.05, 0) is 43.5 Å². The SMILES string of the molecule is O=C(NCc1nc(-c2ccc(Cl)cc2)no1)[C@H]1CC=CCC1. The summed E-state index contributed by atoms with van der Waals surface area (Å²) in [6, 6.07) is 7.18. The van der Waals surface area contributed by atoms with E-state index in [1.807, 2.05) is 12.1 Å². The average molecular weight is 318 g/mol. The Kier molecular flexibility index (Phi) is 4.53. The molecule has 0 bridgehead atoms. The Labute approximate surface area is 133 Å². The molecule has 0 radical (unpaired) electrons. The molecule has 1 heterocycles. The number of nitrogens with one attached hydrogen (secondary N) is 1. The van der Waals surface area contributed by atoms with Gasteiger partial charge in [0.25, 0.3) is 0 Å². The molecule has 0 aliphatic heterocycles. The van der Waals surface area contributed by atoms with Gasteiger partial charge in [-0.2, -0.15) is 4.98 Å². The molecule has 0 spiro atoms. The van der Waals surface area contributed by atoms with Crippen molar-refractivity contribution in [2.24, 2.45) is 5.92 Å². The number of halogens is 1. The van der Waals surface area contributed by atoms with E-state index in [1.54, 1.807) is 12.1 Å². The fraction of sp³-hybridized carbons (Fsp3) is 0.312. The van der Waals surface area contributed by atoms with Gasteiger partial charge in [-0.3, -0.25) is 4.79 Å². The number of carbonyl (C=O) groups is 1.